The van der Waals surface area contributed by atoms with E-state index in [1.807, 2.05) is 25.1 Å². The van der Waals surface area contributed by atoms with Crippen molar-refractivity contribution in [1.82, 2.24) is 4.31 Å². The number of hydrogen-bond donors (Lipinski definition) is 0. The van der Waals surface area contributed by atoms with Crippen molar-refractivity contribution in [1.29, 1.82) is 0 Å². The molecule has 0 N–H and O–H groups in total. The summed E-state index contributed by atoms with van der Waals surface area (Å²) in [4.78, 5) is 0. The zero-order chi connectivity index (χ0) is 15.5. The molecule has 0 fully saturated rings. The van der Waals surface area contributed by atoms with E-state index in [2.05, 4.69) is 0 Å². The van der Waals surface area contributed by atoms with Crippen LogP contribution in [0.15, 0.2) is 18.2 Å². The van der Waals surface area contributed by atoms with Crippen LogP contribution < -0.4 is 9.47 Å². The van der Waals surface area contributed by atoms with Crippen molar-refractivity contribution >= 4 is 21.6 Å². The molecule has 0 saturated carbocycles. The van der Waals surface area contributed by atoms with Gasteiger partial charge in [-0.25, -0.2) is 12.7 Å². The highest BCUT2D eigenvalue weighted by Gasteiger charge is 2.21. The monoisotopic (exact) mass is 333 g/mol. The van der Waals surface area contributed by atoms with Crippen molar-refractivity contribution < 1.29 is 17.9 Å². The van der Waals surface area contributed by atoms with Gasteiger partial charge in [-0.1, -0.05) is 13.0 Å². The molecule has 1 aliphatic rings. The molecule has 5 nitrogen and oxygen atoms in total. The smallest absolute Gasteiger partial charge is 0.214 e. The molecule has 0 aromatic heterocycles. The largest absolute Gasteiger partial charge is 0.486 e. The maximum Gasteiger partial charge on any atom is 0.214 e. The summed E-state index contributed by atoms with van der Waals surface area (Å²) < 4.78 is 36.7. The maximum atomic E-state index is 12.2. The summed E-state index contributed by atoms with van der Waals surface area (Å²) in [6.45, 7) is 3.17. The lowest BCUT2D eigenvalue weighted by molar-refractivity contribution is 0.171. The van der Waals surface area contributed by atoms with Crippen LogP contribution in [-0.2, 0) is 16.6 Å². The third kappa shape index (κ3) is 4.25. The number of rotatable bonds is 6. The quantitative estimate of drug-likeness (QED) is 0.748. The Morgan fingerprint density at radius 1 is 1.29 bits per heavy atom. The minimum atomic E-state index is -3.31. The van der Waals surface area contributed by atoms with E-state index in [4.69, 9.17) is 21.1 Å². The standard InChI is InChI=1S/C14H20ClNO4S/c1-11(8-15)10-21(17,18)16(2)9-12-3-4-13-14(7-12)20-6-5-19-13/h3-4,7,11H,5-6,8-10H2,1-2H3. The first kappa shape index (κ1) is 16.4. The normalized spacial score (nSPS) is 16.0. The van der Waals surface area contributed by atoms with Gasteiger partial charge in [0.1, 0.15) is 13.2 Å². The molecule has 1 aromatic carbocycles. The van der Waals surface area contributed by atoms with Crippen LogP contribution in [0.4, 0.5) is 0 Å². The third-order valence-corrected chi connectivity index (χ3v) is 5.84. The summed E-state index contributed by atoms with van der Waals surface area (Å²) in [7, 11) is -1.74. The Hall–Kier alpha value is -0.980. The first-order valence-corrected chi connectivity index (χ1v) is 8.95. The summed E-state index contributed by atoms with van der Waals surface area (Å²) in [6.07, 6.45) is 0. The fraction of sp³-hybridized carbons (Fsp3) is 0.571. The van der Waals surface area contributed by atoms with Crippen LogP contribution in [0.2, 0.25) is 0 Å². The SMILES string of the molecule is CC(CCl)CS(=O)(=O)N(C)Cc1ccc2c(c1)OCCO2. The number of nitrogens with zero attached hydrogens (tertiary/aromatic N) is 1. The van der Waals surface area contributed by atoms with Crippen LogP contribution in [-0.4, -0.2) is 44.6 Å². The molecule has 1 heterocycles. The number of sulfonamides is 1. The van der Waals surface area contributed by atoms with Gasteiger partial charge in [-0.2, -0.15) is 0 Å². The predicted molar refractivity (Wildman–Crippen MR) is 82.6 cm³/mol. The van der Waals surface area contributed by atoms with Gasteiger partial charge in [0.15, 0.2) is 11.5 Å². The Labute approximate surface area is 130 Å². The molecule has 21 heavy (non-hydrogen) atoms. The third-order valence-electron chi connectivity index (χ3n) is 3.25. The second-order valence-electron chi connectivity index (χ2n) is 5.27. The Kier molecular flexibility index (Phi) is 5.35. The van der Waals surface area contributed by atoms with Crippen molar-refractivity contribution in [3.63, 3.8) is 0 Å². The lowest BCUT2D eigenvalue weighted by atomic mass is 10.2. The van der Waals surface area contributed by atoms with E-state index < -0.39 is 10.0 Å². The molecule has 1 aliphatic heterocycles. The van der Waals surface area contributed by atoms with Crippen molar-refractivity contribution in [2.24, 2.45) is 5.92 Å². The average molecular weight is 334 g/mol. The van der Waals surface area contributed by atoms with Crippen molar-refractivity contribution in [2.45, 2.75) is 13.5 Å². The Balaban J connectivity index is 2.07. The zero-order valence-electron chi connectivity index (χ0n) is 12.2. The minimum absolute atomic E-state index is 0.0531. The van der Waals surface area contributed by atoms with Gasteiger partial charge in [0.25, 0.3) is 0 Å². The lowest BCUT2D eigenvalue weighted by Crippen LogP contribution is -2.31. The Bertz CT molecular complexity index is 591. The summed E-state index contributed by atoms with van der Waals surface area (Å²) in [6, 6.07) is 5.49. The van der Waals surface area contributed by atoms with Gasteiger partial charge < -0.3 is 9.47 Å². The Morgan fingerprint density at radius 3 is 2.62 bits per heavy atom. The fourth-order valence-corrected chi connectivity index (χ4v) is 3.75. The topological polar surface area (TPSA) is 55.8 Å². The van der Waals surface area contributed by atoms with Gasteiger partial charge in [-0.05, 0) is 23.6 Å². The molecule has 0 saturated heterocycles. The molecule has 1 aromatic rings. The van der Waals surface area contributed by atoms with E-state index in [0.29, 0.717) is 37.1 Å². The number of halogens is 1. The van der Waals surface area contributed by atoms with Crippen LogP contribution >= 0.6 is 11.6 Å². The minimum Gasteiger partial charge on any atom is -0.486 e. The predicted octanol–water partition coefficient (Wildman–Crippen LogP) is 2.09. The van der Waals surface area contributed by atoms with E-state index in [1.165, 1.54) is 4.31 Å². The molecule has 0 radical (unpaired) electrons. The molecule has 0 spiro atoms. The second-order valence-corrected chi connectivity index (χ2v) is 7.70. The molecule has 118 valence electrons. The average Bonchev–Trinajstić information content (AvgIpc) is 2.46. The first-order chi connectivity index (χ1) is 9.92. The highest BCUT2D eigenvalue weighted by atomic mass is 35.5. The van der Waals surface area contributed by atoms with Crippen LogP contribution in [0.5, 0.6) is 11.5 Å². The molecule has 2 rings (SSSR count). The van der Waals surface area contributed by atoms with Crippen molar-refractivity contribution in [3.05, 3.63) is 23.8 Å². The summed E-state index contributed by atoms with van der Waals surface area (Å²) in [5.74, 6) is 1.68. The molecular formula is C14H20ClNO4S. The first-order valence-electron chi connectivity index (χ1n) is 6.81. The van der Waals surface area contributed by atoms with Crippen LogP contribution in [0.1, 0.15) is 12.5 Å². The van der Waals surface area contributed by atoms with Gasteiger partial charge in [0.05, 0.1) is 5.75 Å². The Morgan fingerprint density at radius 2 is 1.95 bits per heavy atom. The van der Waals surface area contributed by atoms with Crippen molar-refractivity contribution in [3.8, 4) is 11.5 Å². The van der Waals surface area contributed by atoms with Gasteiger partial charge in [0, 0.05) is 19.5 Å². The van der Waals surface area contributed by atoms with Gasteiger partial charge in [0.2, 0.25) is 10.0 Å². The summed E-state index contributed by atoms with van der Waals surface area (Å²) in [5.41, 5.74) is 0.865. The van der Waals surface area contributed by atoms with E-state index in [-0.39, 0.29) is 11.7 Å². The molecule has 7 heteroatoms. The summed E-state index contributed by atoms with van der Waals surface area (Å²) in [5, 5.41) is 0. The highest BCUT2D eigenvalue weighted by Crippen LogP contribution is 2.31. The molecule has 0 bridgehead atoms. The second kappa shape index (κ2) is 6.85. The number of hydrogen-bond acceptors (Lipinski definition) is 4. The van der Waals surface area contributed by atoms with E-state index in [0.717, 1.165) is 5.56 Å². The molecule has 1 atom stereocenters. The molecule has 0 amide bonds. The van der Waals surface area contributed by atoms with Crippen LogP contribution in [0.25, 0.3) is 0 Å². The number of alkyl halides is 1. The molecule has 0 aliphatic carbocycles. The van der Waals surface area contributed by atoms with E-state index in [9.17, 15) is 8.42 Å². The summed E-state index contributed by atoms with van der Waals surface area (Å²) >= 11 is 5.69. The van der Waals surface area contributed by atoms with E-state index >= 15 is 0 Å². The maximum absolute atomic E-state index is 12.2. The molecular weight excluding hydrogens is 314 g/mol. The van der Waals surface area contributed by atoms with Gasteiger partial charge in [-0.15, -0.1) is 11.6 Å². The van der Waals surface area contributed by atoms with Gasteiger partial charge >= 0.3 is 0 Å². The number of benzene rings is 1. The van der Waals surface area contributed by atoms with Crippen LogP contribution in [0, 0.1) is 5.92 Å². The van der Waals surface area contributed by atoms with Gasteiger partial charge in [-0.3, -0.25) is 0 Å². The zero-order valence-corrected chi connectivity index (χ0v) is 13.8. The lowest BCUT2D eigenvalue weighted by Gasteiger charge is -2.21. The van der Waals surface area contributed by atoms with Crippen LogP contribution in [0.3, 0.4) is 0 Å². The molecule has 1 unspecified atom stereocenters. The van der Waals surface area contributed by atoms with Crippen molar-refractivity contribution in [2.75, 3.05) is 31.9 Å². The number of fused-ring (bicyclic) bond motifs is 1. The number of ether oxygens (including phenoxy) is 2. The highest BCUT2D eigenvalue weighted by molar-refractivity contribution is 7.89. The van der Waals surface area contributed by atoms with E-state index in [1.54, 1.807) is 7.05 Å². The fourth-order valence-electron chi connectivity index (χ4n) is 2.07.